The number of rotatable bonds is 6. The Morgan fingerprint density at radius 1 is 1.09 bits per heavy atom. The zero-order valence-electron chi connectivity index (χ0n) is 20.3. The van der Waals surface area contributed by atoms with Gasteiger partial charge in [0.2, 0.25) is 0 Å². The Morgan fingerprint density at radius 3 is 2.63 bits per heavy atom. The Bertz CT molecular complexity index is 1300. The van der Waals surface area contributed by atoms with Crippen molar-refractivity contribution in [3.05, 3.63) is 77.9 Å². The van der Waals surface area contributed by atoms with Gasteiger partial charge in [0.05, 0.1) is 16.1 Å². The van der Waals surface area contributed by atoms with E-state index in [1.165, 1.54) is 22.0 Å². The molecule has 2 atom stereocenters. The molecular formula is C28H34N4O2S. The van der Waals surface area contributed by atoms with Crippen molar-refractivity contribution in [2.45, 2.75) is 31.8 Å². The second kappa shape index (κ2) is 10.5. The Morgan fingerprint density at radius 2 is 1.83 bits per heavy atom. The largest absolute Gasteiger partial charge is 0.370 e. The Labute approximate surface area is 208 Å². The van der Waals surface area contributed by atoms with Gasteiger partial charge in [0.25, 0.3) is 5.91 Å². The average Bonchev–Trinajstić information content (AvgIpc) is 3.32. The zero-order valence-corrected chi connectivity index (χ0v) is 21.1. The quantitative estimate of drug-likeness (QED) is 0.548. The Balaban J connectivity index is 1.18. The second-order valence-corrected chi connectivity index (χ2v) is 12.2. The molecule has 184 valence electrons. The minimum Gasteiger partial charge on any atom is -0.370 e. The van der Waals surface area contributed by atoms with Gasteiger partial charge in [0.15, 0.2) is 0 Å². The van der Waals surface area contributed by atoms with E-state index in [0.29, 0.717) is 30.6 Å². The third-order valence-electron chi connectivity index (χ3n) is 7.08. The predicted octanol–water partition coefficient (Wildman–Crippen LogP) is 3.91. The van der Waals surface area contributed by atoms with Crippen LogP contribution in [0.25, 0.3) is 10.8 Å². The van der Waals surface area contributed by atoms with Gasteiger partial charge in [0.1, 0.15) is 0 Å². The summed E-state index contributed by atoms with van der Waals surface area (Å²) < 4.78 is 16.7. The van der Waals surface area contributed by atoms with Crippen molar-refractivity contribution in [1.29, 1.82) is 0 Å². The summed E-state index contributed by atoms with van der Waals surface area (Å²) in [5.41, 5.74) is 3.43. The van der Waals surface area contributed by atoms with Gasteiger partial charge >= 0.3 is 0 Å². The van der Waals surface area contributed by atoms with E-state index >= 15 is 0 Å². The number of anilines is 1. The summed E-state index contributed by atoms with van der Waals surface area (Å²) in [5.74, 6) is 0.638. The highest BCUT2D eigenvalue weighted by Crippen LogP contribution is 2.27. The van der Waals surface area contributed by atoms with E-state index < -0.39 is 9.73 Å². The predicted molar refractivity (Wildman–Crippen MR) is 144 cm³/mol. The van der Waals surface area contributed by atoms with Crippen molar-refractivity contribution >= 4 is 32.1 Å². The lowest BCUT2D eigenvalue weighted by atomic mass is 9.99. The van der Waals surface area contributed by atoms with Crippen molar-refractivity contribution in [2.24, 2.45) is 4.36 Å². The maximum absolute atomic E-state index is 12.7. The number of carbonyl (C=O) groups is 1. The number of carbonyl (C=O) groups excluding carboxylic acids is 1. The smallest absolute Gasteiger partial charge is 0.258 e. The highest BCUT2D eigenvalue weighted by molar-refractivity contribution is 7.94. The number of benzene rings is 3. The van der Waals surface area contributed by atoms with Crippen LogP contribution >= 0.6 is 0 Å². The van der Waals surface area contributed by atoms with Gasteiger partial charge in [-0.05, 0) is 47.4 Å². The minimum absolute atomic E-state index is 0.206. The molecule has 0 bridgehead atoms. The molecule has 0 aliphatic carbocycles. The number of hydrogen-bond acceptors (Lipinski definition) is 5. The minimum atomic E-state index is -2.38. The van der Waals surface area contributed by atoms with Gasteiger partial charge in [-0.1, -0.05) is 54.6 Å². The lowest BCUT2D eigenvalue weighted by Crippen LogP contribution is -2.36. The summed E-state index contributed by atoms with van der Waals surface area (Å²) in [6.07, 6.45) is 1.30. The normalized spacial score (nSPS) is 20.6. The standard InChI is InChI=1S/C28H34N4O2S/c1-21(26-8-4-6-23-5-2-3-7-27(23)26)30-24-13-16-32(20-24)25-11-9-22(10-12-25)19-28(33)31-35(34)17-14-29-15-18-35/h2-12,21,24,29-30H,13-20H2,1H3/t21-,24+/m1/s1. The third-order valence-corrected chi connectivity index (χ3v) is 9.30. The first-order chi connectivity index (χ1) is 17.0. The van der Waals surface area contributed by atoms with Crippen molar-refractivity contribution in [1.82, 2.24) is 10.6 Å². The first-order valence-corrected chi connectivity index (χ1v) is 14.4. The Hall–Kier alpha value is -2.74. The number of nitrogens with zero attached hydrogens (tertiary/aromatic N) is 2. The lowest BCUT2D eigenvalue weighted by molar-refractivity contribution is -0.117. The summed E-state index contributed by atoms with van der Waals surface area (Å²) in [6.45, 7) is 5.54. The average molecular weight is 491 g/mol. The lowest BCUT2D eigenvalue weighted by Gasteiger charge is -2.23. The molecule has 1 amide bonds. The SMILES string of the molecule is C[C@@H](N[C@H]1CCN(c2ccc(CC(=O)N=S3(=O)CCNCC3)cc2)C1)c1cccc2ccccc12. The maximum Gasteiger partial charge on any atom is 0.258 e. The first-order valence-electron chi connectivity index (χ1n) is 12.5. The summed E-state index contributed by atoms with van der Waals surface area (Å²) in [7, 11) is -2.38. The molecule has 0 aromatic heterocycles. The molecule has 3 aromatic rings. The highest BCUT2D eigenvalue weighted by atomic mass is 32.2. The van der Waals surface area contributed by atoms with Gasteiger partial charge in [-0.2, -0.15) is 4.36 Å². The van der Waals surface area contributed by atoms with Crippen LogP contribution in [0.15, 0.2) is 71.1 Å². The summed E-state index contributed by atoms with van der Waals surface area (Å²) in [6, 6.07) is 24.0. The van der Waals surface area contributed by atoms with Gasteiger partial charge in [-0.25, -0.2) is 4.21 Å². The van der Waals surface area contributed by atoms with E-state index in [9.17, 15) is 9.00 Å². The maximum atomic E-state index is 12.7. The zero-order chi connectivity index (χ0) is 24.3. The molecule has 0 spiro atoms. The van der Waals surface area contributed by atoms with Crippen LogP contribution < -0.4 is 15.5 Å². The van der Waals surface area contributed by atoms with Crippen molar-refractivity contribution in [2.75, 3.05) is 42.6 Å². The third kappa shape index (κ3) is 5.74. The van der Waals surface area contributed by atoms with Gasteiger partial charge in [0, 0.05) is 55.5 Å². The molecule has 0 radical (unpaired) electrons. The number of nitrogens with one attached hydrogen (secondary N) is 2. The molecule has 0 saturated carbocycles. The van der Waals surface area contributed by atoms with Gasteiger partial charge in [-0.15, -0.1) is 0 Å². The highest BCUT2D eigenvalue weighted by Gasteiger charge is 2.25. The summed E-state index contributed by atoms with van der Waals surface area (Å²) in [5, 5.41) is 9.59. The van der Waals surface area contributed by atoms with E-state index in [2.05, 4.69) is 81.4 Å². The van der Waals surface area contributed by atoms with E-state index in [4.69, 9.17) is 0 Å². The van der Waals surface area contributed by atoms with Crippen LogP contribution in [0.3, 0.4) is 0 Å². The monoisotopic (exact) mass is 490 g/mol. The number of hydrogen-bond donors (Lipinski definition) is 2. The fraction of sp³-hybridized carbons (Fsp3) is 0.393. The van der Waals surface area contributed by atoms with Crippen LogP contribution in [0.4, 0.5) is 5.69 Å². The van der Waals surface area contributed by atoms with Crippen LogP contribution in [0.2, 0.25) is 0 Å². The number of fused-ring (bicyclic) bond motifs is 1. The van der Waals surface area contributed by atoms with Crippen molar-refractivity contribution in [3.63, 3.8) is 0 Å². The summed E-state index contributed by atoms with van der Waals surface area (Å²) >= 11 is 0. The van der Waals surface area contributed by atoms with E-state index in [1.54, 1.807) is 0 Å². The molecule has 3 aromatic carbocycles. The van der Waals surface area contributed by atoms with E-state index in [0.717, 1.165) is 25.1 Å². The topological polar surface area (TPSA) is 73.8 Å². The van der Waals surface area contributed by atoms with Gasteiger partial charge < -0.3 is 15.5 Å². The van der Waals surface area contributed by atoms with Crippen molar-refractivity contribution < 1.29 is 9.00 Å². The van der Waals surface area contributed by atoms with E-state index in [-0.39, 0.29) is 18.4 Å². The molecule has 7 heteroatoms. The molecule has 2 aliphatic heterocycles. The summed E-state index contributed by atoms with van der Waals surface area (Å²) in [4.78, 5) is 14.8. The molecule has 2 heterocycles. The molecule has 35 heavy (non-hydrogen) atoms. The van der Waals surface area contributed by atoms with E-state index in [1.807, 2.05) is 12.1 Å². The molecule has 2 aliphatic rings. The molecule has 5 rings (SSSR count). The molecular weight excluding hydrogens is 456 g/mol. The number of amides is 1. The second-order valence-electron chi connectivity index (χ2n) is 9.65. The van der Waals surface area contributed by atoms with Gasteiger partial charge in [-0.3, -0.25) is 4.79 Å². The molecule has 6 nitrogen and oxygen atoms in total. The molecule has 2 fully saturated rings. The first kappa shape index (κ1) is 24.0. The Kier molecular flexibility index (Phi) is 7.18. The molecule has 0 unspecified atom stereocenters. The fourth-order valence-electron chi connectivity index (χ4n) is 5.20. The van der Waals surface area contributed by atoms with Crippen LogP contribution in [0, 0.1) is 0 Å². The van der Waals surface area contributed by atoms with Crippen LogP contribution in [0.5, 0.6) is 0 Å². The fourth-order valence-corrected chi connectivity index (χ4v) is 6.95. The van der Waals surface area contributed by atoms with Crippen LogP contribution in [-0.2, 0) is 20.9 Å². The molecule has 2 N–H and O–H groups in total. The van der Waals surface area contributed by atoms with Crippen LogP contribution in [0.1, 0.15) is 30.5 Å². The molecule has 2 saturated heterocycles. The van der Waals surface area contributed by atoms with Crippen molar-refractivity contribution in [3.8, 4) is 0 Å². The van der Waals surface area contributed by atoms with Crippen LogP contribution in [-0.4, -0.2) is 53.8 Å².